The van der Waals surface area contributed by atoms with Crippen LogP contribution in [0, 0.1) is 5.82 Å². The summed E-state index contributed by atoms with van der Waals surface area (Å²) in [6.07, 6.45) is -4.54. The van der Waals surface area contributed by atoms with Gasteiger partial charge in [0.2, 0.25) is 0 Å². The number of hydrogen-bond acceptors (Lipinski definition) is 4. The average Bonchev–Trinajstić information content (AvgIpc) is 2.60. The van der Waals surface area contributed by atoms with Crippen LogP contribution in [0.2, 0.25) is 0 Å². The summed E-state index contributed by atoms with van der Waals surface area (Å²) in [5.41, 5.74) is -0.588. The van der Waals surface area contributed by atoms with Crippen LogP contribution in [-0.4, -0.2) is 22.5 Å². The first-order valence-electron chi connectivity index (χ1n) is 7.61. The maximum atomic E-state index is 13.2. The van der Waals surface area contributed by atoms with Crippen LogP contribution in [0.25, 0.3) is 22.3 Å². The zero-order valence-corrected chi connectivity index (χ0v) is 13.5. The fourth-order valence-electron chi connectivity index (χ4n) is 2.38. The lowest BCUT2D eigenvalue weighted by Crippen LogP contribution is -2.11. The van der Waals surface area contributed by atoms with Gasteiger partial charge < -0.3 is 4.74 Å². The first kappa shape index (κ1) is 17.8. The van der Waals surface area contributed by atoms with E-state index in [9.17, 15) is 22.4 Å². The molecule has 0 saturated carbocycles. The lowest BCUT2D eigenvalue weighted by Gasteiger charge is -2.11. The highest BCUT2D eigenvalue weighted by Crippen LogP contribution is 2.32. The summed E-state index contributed by atoms with van der Waals surface area (Å²) in [5.74, 6) is -1.26. The van der Waals surface area contributed by atoms with Crippen LogP contribution in [0.4, 0.5) is 17.6 Å². The summed E-state index contributed by atoms with van der Waals surface area (Å²) < 4.78 is 56.9. The number of carbonyl (C=O) groups is 1. The van der Waals surface area contributed by atoms with Crippen LogP contribution < -0.4 is 0 Å². The minimum Gasteiger partial charge on any atom is -0.461 e. The molecule has 1 aromatic heterocycles. The Morgan fingerprint density at radius 2 is 1.73 bits per heavy atom. The Morgan fingerprint density at radius 3 is 2.35 bits per heavy atom. The first-order valence-corrected chi connectivity index (χ1v) is 7.61. The maximum Gasteiger partial charge on any atom is 0.416 e. The second-order valence-electron chi connectivity index (χ2n) is 5.35. The van der Waals surface area contributed by atoms with E-state index in [0.717, 1.165) is 30.3 Å². The molecule has 8 heteroatoms. The van der Waals surface area contributed by atoms with Gasteiger partial charge in [0.15, 0.2) is 5.69 Å². The summed E-state index contributed by atoms with van der Waals surface area (Å²) in [6, 6.07) is 7.89. The summed E-state index contributed by atoms with van der Waals surface area (Å²) in [7, 11) is 0. The van der Waals surface area contributed by atoms with Crippen molar-refractivity contribution in [3.63, 3.8) is 0 Å². The van der Waals surface area contributed by atoms with Gasteiger partial charge in [-0.05, 0) is 49.4 Å². The van der Waals surface area contributed by atoms with Crippen molar-refractivity contribution >= 4 is 17.0 Å². The van der Waals surface area contributed by atoms with Crippen LogP contribution in [0.5, 0.6) is 0 Å². The number of fused-ring (bicyclic) bond motifs is 1. The number of aromatic nitrogens is 2. The number of nitrogens with zero attached hydrogens (tertiary/aromatic N) is 2. The zero-order valence-electron chi connectivity index (χ0n) is 13.5. The van der Waals surface area contributed by atoms with Crippen LogP contribution >= 0.6 is 0 Å². The molecule has 0 amide bonds. The standard InChI is InChI=1S/C18H12F4N2O2/c1-2-26-17(25)16-15(10-3-6-12(19)7-4-10)24-14-9-11(18(20,21)22)5-8-13(14)23-16/h3-9H,2H2,1H3. The largest absolute Gasteiger partial charge is 0.461 e. The van der Waals surface area contributed by atoms with Gasteiger partial charge in [-0.2, -0.15) is 13.2 Å². The summed E-state index contributed by atoms with van der Waals surface area (Å²) >= 11 is 0. The molecule has 3 aromatic rings. The highest BCUT2D eigenvalue weighted by Gasteiger charge is 2.31. The van der Waals surface area contributed by atoms with Crippen molar-refractivity contribution in [3.8, 4) is 11.3 Å². The Labute approximate surface area is 145 Å². The third kappa shape index (κ3) is 3.49. The van der Waals surface area contributed by atoms with Crippen molar-refractivity contribution in [2.75, 3.05) is 6.61 Å². The molecule has 26 heavy (non-hydrogen) atoms. The van der Waals surface area contributed by atoms with Gasteiger partial charge in [0.1, 0.15) is 11.5 Å². The van der Waals surface area contributed by atoms with Crippen molar-refractivity contribution in [3.05, 3.63) is 59.5 Å². The molecular weight excluding hydrogens is 352 g/mol. The molecule has 0 atom stereocenters. The molecule has 0 fully saturated rings. The monoisotopic (exact) mass is 364 g/mol. The number of carbonyl (C=O) groups excluding carboxylic acids is 1. The molecule has 0 saturated heterocycles. The van der Waals surface area contributed by atoms with Gasteiger partial charge >= 0.3 is 12.1 Å². The molecule has 3 rings (SSSR count). The fourth-order valence-corrected chi connectivity index (χ4v) is 2.38. The molecule has 0 aliphatic rings. The molecule has 0 spiro atoms. The van der Waals surface area contributed by atoms with Crippen molar-refractivity contribution in [1.29, 1.82) is 0 Å². The number of rotatable bonds is 3. The second kappa shape index (κ2) is 6.70. The molecule has 0 aliphatic heterocycles. The number of halogens is 4. The highest BCUT2D eigenvalue weighted by molar-refractivity contribution is 5.96. The van der Waals surface area contributed by atoms with E-state index in [4.69, 9.17) is 4.74 Å². The molecule has 0 bridgehead atoms. The fraction of sp³-hybridized carbons (Fsp3) is 0.167. The molecule has 134 valence electrons. The predicted molar refractivity (Wildman–Crippen MR) is 85.9 cm³/mol. The quantitative estimate of drug-likeness (QED) is 0.502. The van der Waals surface area contributed by atoms with E-state index in [1.54, 1.807) is 6.92 Å². The summed E-state index contributed by atoms with van der Waals surface area (Å²) in [6.45, 7) is 1.70. The minimum absolute atomic E-state index is 0.0234. The van der Waals surface area contributed by atoms with Gasteiger partial charge in [-0.15, -0.1) is 0 Å². The van der Waals surface area contributed by atoms with E-state index in [0.29, 0.717) is 5.56 Å². The number of ether oxygens (including phenoxy) is 1. The van der Waals surface area contributed by atoms with Gasteiger partial charge in [-0.25, -0.2) is 19.2 Å². The van der Waals surface area contributed by atoms with Crippen LogP contribution in [-0.2, 0) is 10.9 Å². The van der Waals surface area contributed by atoms with Crippen LogP contribution in [0.15, 0.2) is 42.5 Å². The van der Waals surface area contributed by atoms with Gasteiger partial charge in [0.05, 0.1) is 23.2 Å². The first-order chi connectivity index (χ1) is 12.3. The van der Waals surface area contributed by atoms with Gasteiger partial charge in [-0.1, -0.05) is 0 Å². The van der Waals surface area contributed by atoms with E-state index in [-0.39, 0.29) is 29.0 Å². The molecule has 2 aromatic carbocycles. The Morgan fingerprint density at radius 1 is 1.04 bits per heavy atom. The number of alkyl halides is 3. The molecule has 0 unspecified atom stereocenters. The van der Waals surface area contributed by atoms with Crippen molar-refractivity contribution in [1.82, 2.24) is 9.97 Å². The molecule has 0 N–H and O–H groups in total. The van der Waals surface area contributed by atoms with Crippen LogP contribution in [0.1, 0.15) is 23.0 Å². The topological polar surface area (TPSA) is 52.1 Å². The molecular formula is C18H12F4N2O2. The molecule has 4 nitrogen and oxygen atoms in total. The van der Waals surface area contributed by atoms with Gasteiger partial charge in [-0.3, -0.25) is 0 Å². The Bertz CT molecular complexity index is 969. The third-order valence-electron chi connectivity index (χ3n) is 3.58. The molecule has 0 aliphatic carbocycles. The average molecular weight is 364 g/mol. The summed E-state index contributed by atoms with van der Waals surface area (Å²) in [5, 5.41) is 0. The third-order valence-corrected chi connectivity index (χ3v) is 3.58. The molecule has 0 radical (unpaired) electrons. The number of hydrogen-bond donors (Lipinski definition) is 0. The highest BCUT2D eigenvalue weighted by atomic mass is 19.4. The summed E-state index contributed by atoms with van der Waals surface area (Å²) in [4.78, 5) is 20.5. The Balaban J connectivity index is 2.24. The van der Waals surface area contributed by atoms with E-state index in [1.165, 1.54) is 12.1 Å². The van der Waals surface area contributed by atoms with E-state index < -0.39 is 23.5 Å². The van der Waals surface area contributed by atoms with E-state index >= 15 is 0 Å². The van der Waals surface area contributed by atoms with Crippen molar-refractivity contribution < 1.29 is 27.1 Å². The minimum atomic E-state index is -4.54. The predicted octanol–water partition coefficient (Wildman–Crippen LogP) is 4.63. The van der Waals surface area contributed by atoms with E-state index in [2.05, 4.69) is 9.97 Å². The smallest absolute Gasteiger partial charge is 0.416 e. The second-order valence-corrected chi connectivity index (χ2v) is 5.35. The van der Waals surface area contributed by atoms with Gasteiger partial charge in [0, 0.05) is 5.56 Å². The lowest BCUT2D eigenvalue weighted by molar-refractivity contribution is -0.137. The van der Waals surface area contributed by atoms with Crippen molar-refractivity contribution in [2.45, 2.75) is 13.1 Å². The van der Waals surface area contributed by atoms with Crippen molar-refractivity contribution in [2.24, 2.45) is 0 Å². The van der Waals surface area contributed by atoms with Crippen LogP contribution in [0.3, 0.4) is 0 Å². The Kier molecular flexibility index (Phi) is 4.58. The molecule has 1 heterocycles. The van der Waals surface area contributed by atoms with Gasteiger partial charge in [0.25, 0.3) is 0 Å². The maximum absolute atomic E-state index is 13.2. The lowest BCUT2D eigenvalue weighted by atomic mass is 10.1. The number of benzene rings is 2. The zero-order chi connectivity index (χ0) is 18.9. The van der Waals surface area contributed by atoms with E-state index in [1.807, 2.05) is 0 Å². The SMILES string of the molecule is CCOC(=O)c1nc2ccc(C(F)(F)F)cc2nc1-c1ccc(F)cc1. The number of esters is 1. The normalized spacial score (nSPS) is 11.6. The Hall–Kier alpha value is -3.03.